The fraction of sp³-hybridized carbons (Fsp3) is 0.600. The number of rotatable bonds is 6. The summed E-state index contributed by atoms with van der Waals surface area (Å²) in [5, 5.41) is 0.789. The van der Waals surface area contributed by atoms with Crippen LogP contribution in [-0.4, -0.2) is 24.5 Å². The van der Waals surface area contributed by atoms with Gasteiger partial charge in [-0.05, 0) is 50.1 Å². The Morgan fingerprint density at radius 1 is 1.28 bits per heavy atom. The van der Waals surface area contributed by atoms with Crippen molar-refractivity contribution in [3.8, 4) is 0 Å². The van der Waals surface area contributed by atoms with E-state index in [2.05, 4.69) is 38.8 Å². The fourth-order valence-corrected chi connectivity index (χ4v) is 2.87. The Labute approximate surface area is 116 Å². The number of hydrogen-bond donors (Lipinski definition) is 1. The number of halogens is 1. The molecule has 18 heavy (non-hydrogen) atoms. The van der Waals surface area contributed by atoms with Gasteiger partial charge in [-0.2, -0.15) is 0 Å². The zero-order valence-electron chi connectivity index (χ0n) is 11.9. The van der Waals surface area contributed by atoms with E-state index in [1.54, 1.807) is 0 Å². The maximum absolute atomic E-state index is 6.02. The van der Waals surface area contributed by atoms with Gasteiger partial charge < -0.3 is 5.73 Å². The molecule has 1 atom stereocenters. The van der Waals surface area contributed by atoms with Gasteiger partial charge in [0.2, 0.25) is 0 Å². The van der Waals surface area contributed by atoms with Crippen LogP contribution < -0.4 is 5.73 Å². The predicted octanol–water partition coefficient (Wildman–Crippen LogP) is 3.77. The van der Waals surface area contributed by atoms with Gasteiger partial charge in [0.15, 0.2) is 0 Å². The van der Waals surface area contributed by atoms with E-state index in [-0.39, 0.29) is 6.04 Å². The Balaban J connectivity index is 3.01. The van der Waals surface area contributed by atoms with Crippen LogP contribution in [0, 0.1) is 6.92 Å². The third kappa shape index (κ3) is 3.47. The average molecular weight is 269 g/mol. The quantitative estimate of drug-likeness (QED) is 0.851. The minimum Gasteiger partial charge on any atom is -0.329 e. The third-order valence-corrected chi connectivity index (χ3v) is 4.06. The molecule has 102 valence electrons. The largest absolute Gasteiger partial charge is 0.329 e. The standard InChI is InChI=1S/C15H25ClN2/c1-5-13(6-2)18(4)15(10-17)14-8-7-12(16)9-11(14)3/h7-9,13,15H,5-6,10,17H2,1-4H3. The van der Waals surface area contributed by atoms with E-state index in [1.165, 1.54) is 11.1 Å². The fourth-order valence-electron chi connectivity index (χ4n) is 2.64. The number of likely N-dealkylation sites (N-methyl/N-ethyl adjacent to an activating group) is 1. The second-order valence-corrected chi connectivity index (χ2v) is 5.32. The molecule has 0 saturated carbocycles. The van der Waals surface area contributed by atoms with E-state index in [9.17, 15) is 0 Å². The molecule has 0 fully saturated rings. The third-order valence-electron chi connectivity index (χ3n) is 3.82. The first kappa shape index (κ1) is 15.5. The Hall–Kier alpha value is -0.570. The van der Waals surface area contributed by atoms with Crippen LogP contribution in [0.1, 0.15) is 43.9 Å². The Morgan fingerprint density at radius 2 is 1.89 bits per heavy atom. The van der Waals surface area contributed by atoms with E-state index in [1.807, 2.05) is 12.1 Å². The molecule has 0 aliphatic heterocycles. The van der Waals surface area contributed by atoms with Crippen LogP contribution in [0.15, 0.2) is 18.2 Å². The zero-order valence-corrected chi connectivity index (χ0v) is 12.7. The van der Waals surface area contributed by atoms with Crippen molar-refractivity contribution in [2.75, 3.05) is 13.6 Å². The smallest absolute Gasteiger partial charge is 0.0472 e. The van der Waals surface area contributed by atoms with Crippen LogP contribution >= 0.6 is 11.6 Å². The van der Waals surface area contributed by atoms with Crippen LogP contribution in [0.3, 0.4) is 0 Å². The summed E-state index contributed by atoms with van der Waals surface area (Å²) in [5.74, 6) is 0. The summed E-state index contributed by atoms with van der Waals surface area (Å²) in [6.07, 6.45) is 2.30. The van der Waals surface area contributed by atoms with Gasteiger partial charge in [0.25, 0.3) is 0 Å². The molecule has 1 unspecified atom stereocenters. The minimum absolute atomic E-state index is 0.271. The lowest BCUT2D eigenvalue weighted by atomic mass is 9.98. The van der Waals surface area contributed by atoms with E-state index in [0.29, 0.717) is 12.6 Å². The Kier molecular flexibility index (Phi) is 6.13. The van der Waals surface area contributed by atoms with Gasteiger partial charge in [0.05, 0.1) is 0 Å². The van der Waals surface area contributed by atoms with Gasteiger partial charge in [-0.3, -0.25) is 4.90 Å². The van der Waals surface area contributed by atoms with Crippen LogP contribution in [-0.2, 0) is 0 Å². The molecule has 0 aromatic heterocycles. The van der Waals surface area contributed by atoms with E-state index >= 15 is 0 Å². The van der Waals surface area contributed by atoms with E-state index in [0.717, 1.165) is 17.9 Å². The summed E-state index contributed by atoms with van der Waals surface area (Å²) in [5.41, 5.74) is 8.49. The molecule has 1 aromatic carbocycles. The molecule has 1 aromatic rings. The SMILES string of the molecule is CCC(CC)N(C)C(CN)c1ccc(Cl)cc1C. The highest BCUT2D eigenvalue weighted by Gasteiger charge is 2.22. The van der Waals surface area contributed by atoms with Crippen molar-refractivity contribution in [1.29, 1.82) is 0 Å². The van der Waals surface area contributed by atoms with Crippen molar-refractivity contribution in [3.63, 3.8) is 0 Å². The van der Waals surface area contributed by atoms with Gasteiger partial charge in [0, 0.05) is 23.7 Å². The predicted molar refractivity (Wildman–Crippen MR) is 80.1 cm³/mol. The molecule has 0 heterocycles. The summed E-state index contributed by atoms with van der Waals surface area (Å²) in [6, 6.07) is 6.92. The van der Waals surface area contributed by atoms with Crippen molar-refractivity contribution < 1.29 is 0 Å². The van der Waals surface area contributed by atoms with E-state index < -0.39 is 0 Å². The molecule has 0 saturated heterocycles. The van der Waals surface area contributed by atoms with Crippen LogP contribution in [0.5, 0.6) is 0 Å². The summed E-state index contributed by atoms with van der Waals surface area (Å²) in [6.45, 7) is 7.19. The van der Waals surface area contributed by atoms with Crippen molar-refractivity contribution in [2.24, 2.45) is 5.73 Å². The second-order valence-electron chi connectivity index (χ2n) is 4.89. The van der Waals surface area contributed by atoms with Crippen LogP contribution in [0.4, 0.5) is 0 Å². The first-order valence-electron chi connectivity index (χ1n) is 6.73. The van der Waals surface area contributed by atoms with Gasteiger partial charge in [0.1, 0.15) is 0 Å². The molecule has 0 aliphatic carbocycles. The summed E-state index contributed by atoms with van der Waals surface area (Å²) >= 11 is 6.02. The number of benzene rings is 1. The topological polar surface area (TPSA) is 29.3 Å². The first-order valence-corrected chi connectivity index (χ1v) is 7.10. The van der Waals surface area contributed by atoms with Gasteiger partial charge in [-0.25, -0.2) is 0 Å². The second kappa shape index (κ2) is 7.13. The molecule has 0 radical (unpaired) electrons. The molecular formula is C15H25ClN2. The number of aryl methyl sites for hydroxylation is 1. The van der Waals surface area contributed by atoms with Crippen molar-refractivity contribution in [3.05, 3.63) is 34.3 Å². The van der Waals surface area contributed by atoms with Crippen molar-refractivity contribution in [1.82, 2.24) is 4.90 Å². The molecule has 2 nitrogen and oxygen atoms in total. The highest BCUT2D eigenvalue weighted by Crippen LogP contribution is 2.27. The molecule has 1 rings (SSSR count). The lowest BCUT2D eigenvalue weighted by Gasteiger charge is -2.34. The summed E-state index contributed by atoms with van der Waals surface area (Å²) < 4.78 is 0. The summed E-state index contributed by atoms with van der Waals surface area (Å²) in [7, 11) is 2.17. The Morgan fingerprint density at radius 3 is 2.33 bits per heavy atom. The molecule has 0 aliphatic rings. The average Bonchev–Trinajstić information content (AvgIpc) is 2.34. The molecule has 0 spiro atoms. The highest BCUT2D eigenvalue weighted by molar-refractivity contribution is 6.30. The monoisotopic (exact) mass is 268 g/mol. The van der Waals surface area contributed by atoms with Crippen LogP contribution in [0.25, 0.3) is 0 Å². The number of hydrogen-bond acceptors (Lipinski definition) is 2. The Bertz CT molecular complexity index is 375. The van der Waals surface area contributed by atoms with Gasteiger partial charge >= 0.3 is 0 Å². The number of nitrogens with two attached hydrogens (primary N) is 1. The van der Waals surface area contributed by atoms with Crippen LogP contribution in [0.2, 0.25) is 5.02 Å². The first-order chi connectivity index (χ1) is 8.54. The molecule has 0 bridgehead atoms. The maximum Gasteiger partial charge on any atom is 0.0472 e. The summed E-state index contributed by atoms with van der Waals surface area (Å²) in [4.78, 5) is 2.40. The van der Waals surface area contributed by atoms with Gasteiger partial charge in [-0.1, -0.05) is 31.5 Å². The minimum atomic E-state index is 0.271. The van der Waals surface area contributed by atoms with Crippen molar-refractivity contribution >= 4 is 11.6 Å². The van der Waals surface area contributed by atoms with E-state index in [4.69, 9.17) is 17.3 Å². The molecular weight excluding hydrogens is 244 g/mol. The number of nitrogens with zero attached hydrogens (tertiary/aromatic N) is 1. The highest BCUT2D eigenvalue weighted by atomic mass is 35.5. The molecule has 2 N–H and O–H groups in total. The molecule has 3 heteroatoms. The normalized spacial score (nSPS) is 13.3. The molecule has 0 amide bonds. The zero-order chi connectivity index (χ0) is 13.7. The van der Waals surface area contributed by atoms with Crippen molar-refractivity contribution in [2.45, 2.75) is 45.7 Å². The lowest BCUT2D eigenvalue weighted by molar-refractivity contribution is 0.167. The lowest BCUT2D eigenvalue weighted by Crippen LogP contribution is -2.38. The maximum atomic E-state index is 6.02. The van der Waals surface area contributed by atoms with Gasteiger partial charge in [-0.15, -0.1) is 0 Å².